The summed E-state index contributed by atoms with van der Waals surface area (Å²) in [7, 11) is 0. The molecular formula is C27H46O. The van der Waals surface area contributed by atoms with Crippen molar-refractivity contribution in [1.82, 2.24) is 0 Å². The Morgan fingerprint density at radius 3 is 2.54 bits per heavy atom. The van der Waals surface area contributed by atoms with Crippen LogP contribution in [0, 0.1) is 52.3 Å². The van der Waals surface area contributed by atoms with E-state index in [2.05, 4.69) is 27.7 Å². The summed E-state index contributed by atoms with van der Waals surface area (Å²) in [6.45, 7) is 11.2. The molecule has 1 spiro atoms. The molecule has 5 rings (SSSR count). The molecule has 160 valence electrons. The van der Waals surface area contributed by atoms with Crippen molar-refractivity contribution in [2.75, 3.05) is 6.61 Å². The van der Waals surface area contributed by atoms with E-state index in [9.17, 15) is 0 Å². The van der Waals surface area contributed by atoms with Crippen molar-refractivity contribution in [3.8, 4) is 0 Å². The second kappa shape index (κ2) is 7.28. The number of ether oxygens (including phenoxy) is 1. The summed E-state index contributed by atoms with van der Waals surface area (Å²) in [5.74, 6) is 6.88. The van der Waals surface area contributed by atoms with Crippen molar-refractivity contribution in [1.29, 1.82) is 0 Å². The molecule has 1 nitrogen and oxygen atoms in total. The van der Waals surface area contributed by atoms with Gasteiger partial charge in [-0.25, -0.2) is 0 Å². The van der Waals surface area contributed by atoms with Crippen molar-refractivity contribution in [2.45, 2.75) is 111 Å². The predicted molar refractivity (Wildman–Crippen MR) is 117 cm³/mol. The lowest BCUT2D eigenvalue weighted by atomic mass is 9.44. The van der Waals surface area contributed by atoms with Crippen LogP contribution >= 0.6 is 0 Å². The standard InChI is InChI=1S/C27H46O/c1-18(2)6-5-7-19(3)23-12-13-24-22-11-9-20-8-10-21-16-27(20,17-28-21)25(22)14-15-26(23,24)4/h18-25H,5-17H2,1-4H3/t19-,20+,21-,22-,23+,24-,25-,26+,27+/m0/s1. The van der Waals surface area contributed by atoms with Gasteiger partial charge in [-0.3, -0.25) is 0 Å². The van der Waals surface area contributed by atoms with E-state index in [1.165, 1.54) is 64.2 Å². The van der Waals surface area contributed by atoms with Crippen LogP contribution in [0.4, 0.5) is 0 Å². The van der Waals surface area contributed by atoms with Crippen LogP contribution in [0.5, 0.6) is 0 Å². The van der Waals surface area contributed by atoms with Crippen molar-refractivity contribution in [2.24, 2.45) is 52.3 Å². The third-order valence-electron chi connectivity index (χ3n) is 11.1. The largest absolute Gasteiger partial charge is 0.378 e. The molecule has 4 aliphatic carbocycles. The molecule has 2 bridgehead atoms. The van der Waals surface area contributed by atoms with Gasteiger partial charge in [-0.1, -0.05) is 47.0 Å². The van der Waals surface area contributed by atoms with Gasteiger partial charge in [0.25, 0.3) is 0 Å². The topological polar surface area (TPSA) is 9.23 Å². The second-order valence-corrected chi connectivity index (χ2v) is 12.6. The molecule has 1 aliphatic heterocycles. The Labute approximate surface area is 174 Å². The normalized spacial score (nSPS) is 50.9. The van der Waals surface area contributed by atoms with Gasteiger partial charge in [0.1, 0.15) is 0 Å². The van der Waals surface area contributed by atoms with Gasteiger partial charge in [0.15, 0.2) is 0 Å². The molecule has 0 unspecified atom stereocenters. The van der Waals surface area contributed by atoms with E-state index in [1.807, 2.05) is 0 Å². The Hall–Kier alpha value is -0.0400. The van der Waals surface area contributed by atoms with E-state index < -0.39 is 0 Å². The first-order valence-electron chi connectivity index (χ1n) is 13.1. The molecule has 4 saturated carbocycles. The number of hydrogen-bond acceptors (Lipinski definition) is 1. The number of fused-ring (bicyclic) bond motifs is 4. The van der Waals surface area contributed by atoms with Crippen LogP contribution in [0.15, 0.2) is 0 Å². The van der Waals surface area contributed by atoms with Gasteiger partial charge in [0, 0.05) is 5.41 Å². The van der Waals surface area contributed by atoms with E-state index in [0.717, 1.165) is 48.0 Å². The van der Waals surface area contributed by atoms with Crippen LogP contribution in [0.2, 0.25) is 0 Å². The fraction of sp³-hybridized carbons (Fsp3) is 1.00. The summed E-state index contributed by atoms with van der Waals surface area (Å²) < 4.78 is 6.35. The van der Waals surface area contributed by atoms with Crippen LogP contribution in [0.3, 0.4) is 0 Å². The highest BCUT2D eigenvalue weighted by atomic mass is 16.5. The van der Waals surface area contributed by atoms with Gasteiger partial charge < -0.3 is 4.74 Å². The number of hydrogen-bond donors (Lipinski definition) is 0. The van der Waals surface area contributed by atoms with E-state index in [1.54, 1.807) is 12.8 Å². The first kappa shape index (κ1) is 19.9. The Balaban J connectivity index is 1.31. The lowest BCUT2D eigenvalue weighted by molar-refractivity contribution is -0.111. The lowest BCUT2D eigenvalue weighted by Crippen LogP contribution is -2.54. The van der Waals surface area contributed by atoms with Crippen molar-refractivity contribution < 1.29 is 4.74 Å². The fourth-order valence-electron chi connectivity index (χ4n) is 9.77. The molecule has 5 aliphatic rings. The zero-order chi connectivity index (χ0) is 19.5. The van der Waals surface area contributed by atoms with Crippen molar-refractivity contribution in [3.05, 3.63) is 0 Å². The Morgan fingerprint density at radius 2 is 1.71 bits per heavy atom. The Kier molecular flexibility index (Phi) is 5.17. The van der Waals surface area contributed by atoms with Gasteiger partial charge in [0.05, 0.1) is 12.7 Å². The molecule has 0 aromatic rings. The van der Waals surface area contributed by atoms with E-state index in [0.29, 0.717) is 16.9 Å². The maximum atomic E-state index is 6.35. The molecule has 1 saturated heterocycles. The van der Waals surface area contributed by atoms with Crippen LogP contribution < -0.4 is 0 Å². The summed E-state index contributed by atoms with van der Waals surface area (Å²) >= 11 is 0. The molecule has 1 heteroatoms. The summed E-state index contributed by atoms with van der Waals surface area (Å²) in [6, 6.07) is 0. The van der Waals surface area contributed by atoms with E-state index in [4.69, 9.17) is 4.74 Å². The molecule has 9 atom stereocenters. The third-order valence-corrected chi connectivity index (χ3v) is 11.1. The third kappa shape index (κ3) is 2.96. The maximum Gasteiger partial charge on any atom is 0.0581 e. The summed E-state index contributed by atoms with van der Waals surface area (Å²) in [5.41, 5.74) is 1.25. The zero-order valence-electron chi connectivity index (χ0n) is 19.2. The summed E-state index contributed by atoms with van der Waals surface area (Å²) in [5, 5.41) is 0. The molecule has 0 radical (unpaired) electrons. The molecule has 0 N–H and O–H groups in total. The van der Waals surface area contributed by atoms with Gasteiger partial charge in [-0.15, -0.1) is 0 Å². The van der Waals surface area contributed by atoms with E-state index in [-0.39, 0.29) is 0 Å². The average Bonchev–Trinajstić information content (AvgIpc) is 3.18. The highest BCUT2D eigenvalue weighted by Gasteiger charge is 2.63. The summed E-state index contributed by atoms with van der Waals surface area (Å²) in [6.07, 6.45) is 18.4. The maximum absolute atomic E-state index is 6.35. The van der Waals surface area contributed by atoms with Gasteiger partial charge in [0.2, 0.25) is 0 Å². The van der Waals surface area contributed by atoms with Crippen LogP contribution in [-0.2, 0) is 4.74 Å². The SMILES string of the molecule is CC(C)CCC[C@H](C)[C@H]1CC[C@H]2[C@@H]3CC[C@H]4CC[C@H]5C[C@]4(CO5)[C@H]3CC[C@]12C. The second-order valence-electron chi connectivity index (χ2n) is 12.6. The molecule has 5 fully saturated rings. The van der Waals surface area contributed by atoms with Crippen molar-refractivity contribution in [3.63, 3.8) is 0 Å². The minimum atomic E-state index is 0.605. The van der Waals surface area contributed by atoms with Gasteiger partial charge >= 0.3 is 0 Å². The van der Waals surface area contributed by atoms with E-state index >= 15 is 0 Å². The quantitative estimate of drug-likeness (QED) is 0.475. The van der Waals surface area contributed by atoms with Crippen LogP contribution in [0.25, 0.3) is 0 Å². The first-order chi connectivity index (χ1) is 13.4. The Bertz CT molecular complexity index is 569. The molecule has 1 heterocycles. The van der Waals surface area contributed by atoms with Crippen molar-refractivity contribution >= 4 is 0 Å². The minimum Gasteiger partial charge on any atom is -0.378 e. The smallest absolute Gasteiger partial charge is 0.0581 e. The lowest BCUT2D eigenvalue weighted by Gasteiger charge is -2.60. The van der Waals surface area contributed by atoms with Gasteiger partial charge in [-0.05, 0) is 105 Å². The number of rotatable bonds is 5. The molecule has 0 amide bonds. The first-order valence-corrected chi connectivity index (χ1v) is 13.1. The minimum absolute atomic E-state index is 0.605. The fourth-order valence-corrected chi connectivity index (χ4v) is 9.77. The van der Waals surface area contributed by atoms with Crippen LogP contribution in [-0.4, -0.2) is 12.7 Å². The Morgan fingerprint density at radius 1 is 0.893 bits per heavy atom. The highest BCUT2D eigenvalue weighted by Crippen LogP contribution is 2.69. The molecule has 0 aromatic heterocycles. The summed E-state index contributed by atoms with van der Waals surface area (Å²) in [4.78, 5) is 0. The van der Waals surface area contributed by atoms with Gasteiger partial charge in [-0.2, -0.15) is 0 Å². The van der Waals surface area contributed by atoms with Crippen LogP contribution in [0.1, 0.15) is 105 Å². The molecule has 0 aromatic carbocycles. The zero-order valence-corrected chi connectivity index (χ0v) is 19.2. The molecular weight excluding hydrogens is 340 g/mol. The highest BCUT2D eigenvalue weighted by molar-refractivity contribution is 5.12. The molecule has 28 heavy (non-hydrogen) atoms. The predicted octanol–water partition coefficient (Wildman–Crippen LogP) is 7.49. The monoisotopic (exact) mass is 386 g/mol. The average molecular weight is 387 g/mol.